The fourth-order valence-corrected chi connectivity index (χ4v) is 7.74. The Morgan fingerprint density at radius 3 is 0.925 bits per heavy atom. The largest absolute Gasteiger partial charge is 0.345 e. The molecule has 0 bridgehead atoms. The predicted molar refractivity (Wildman–Crippen MR) is 259 cm³/mol. The highest BCUT2D eigenvalue weighted by atomic mass is 16.2. The molecule has 0 unspecified atom stereocenters. The maximum atomic E-state index is 14.3. The first kappa shape index (κ1) is 60.2. The van der Waals surface area contributed by atoms with Crippen LogP contribution >= 0.6 is 0 Å². The number of carbonyl (C=O) groups excluding carboxylic acids is 9. The van der Waals surface area contributed by atoms with Crippen LogP contribution in [0.4, 0.5) is 0 Å². The van der Waals surface area contributed by atoms with E-state index in [1.54, 1.807) is 41.5 Å². The summed E-state index contributed by atoms with van der Waals surface area (Å²) in [6.07, 6.45) is 2.47. The molecule has 0 spiro atoms. The lowest BCUT2D eigenvalue weighted by Crippen LogP contribution is -2.62. The highest BCUT2D eigenvalue weighted by Gasteiger charge is 2.39. The third-order valence-corrected chi connectivity index (χ3v) is 12.9. The van der Waals surface area contributed by atoms with Crippen LogP contribution in [0.1, 0.15) is 156 Å². The minimum absolute atomic E-state index is 0.0730. The minimum Gasteiger partial charge on any atom is -0.345 e. The zero-order valence-corrected chi connectivity index (χ0v) is 43.6. The Morgan fingerprint density at radius 1 is 0.343 bits per heavy atom. The third kappa shape index (κ3) is 19.8. The fourth-order valence-electron chi connectivity index (χ4n) is 7.74. The summed E-state index contributed by atoms with van der Waals surface area (Å²) in [6.45, 7) is 28.8. The molecule has 0 aromatic heterocycles. The molecule has 0 saturated carbocycles. The van der Waals surface area contributed by atoms with E-state index in [0.717, 1.165) is 0 Å². The number of rotatable bonds is 15. The first-order valence-electron chi connectivity index (χ1n) is 24.9. The van der Waals surface area contributed by atoms with E-state index in [1.807, 2.05) is 69.2 Å². The maximum absolute atomic E-state index is 14.3. The van der Waals surface area contributed by atoms with Gasteiger partial charge in [0, 0.05) is 0 Å². The molecule has 0 aromatic carbocycles. The average molecular weight is 948 g/mol. The van der Waals surface area contributed by atoms with Gasteiger partial charge in [-0.15, -0.1) is 0 Å². The Kier molecular flexibility index (Phi) is 26.2. The van der Waals surface area contributed by atoms with Gasteiger partial charge in [-0.2, -0.15) is 0 Å². The topological polar surface area (TPSA) is 262 Å². The lowest BCUT2D eigenvalue weighted by atomic mass is 9.93. The Labute approximate surface area is 401 Å². The van der Waals surface area contributed by atoms with Crippen molar-refractivity contribution in [3.8, 4) is 0 Å². The SMILES string of the molecule is CC[C@H](C)[C@@H]1NC(=O)[C@H](CC(C)C)NC(=O)[C@H](CC(C)C)NC(=O)CNC(=O)[C@H]([C@@H](C)CC)NC(=O)[C@H]([C@@H](C)CC)NC(=O)[C@H](C(C)C)NC(=O)[C@H](CC(C)C)NC(=O)[C@H]([C@@H](C)CC)NC1=O. The summed E-state index contributed by atoms with van der Waals surface area (Å²) in [5.41, 5.74) is 0. The highest BCUT2D eigenvalue weighted by molar-refractivity contribution is 5.99. The molecule has 384 valence electrons. The molecule has 1 rings (SSSR count). The molecule has 1 heterocycles. The molecule has 0 aromatic rings. The molecule has 18 nitrogen and oxygen atoms in total. The lowest BCUT2D eigenvalue weighted by molar-refractivity contribution is -0.137. The zero-order valence-electron chi connectivity index (χ0n) is 43.6. The van der Waals surface area contributed by atoms with Crippen LogP contribution in [0.5, 0.6) is 0 Å². The molecule has 1 aliphatic rings. The molecule has 67 heavy (non-hydrogen) atoms. The Bertz CT molecular complexity index is 1670. The summed E-state index contributed by atoms with van der Waals surface area (Å²) >= 11 is 0. The second kappa shape index (κ2) is 29.2. The van der Waals surface area contributed by atoms with Crippen molar-refractivity contribution in [1.82, 2.24) is 47.9 Å². The van der Waals surface area contributed by atoms with E-state index in [1.165, 1.54) is 0 Å². The molecule has 9 N–H and O–H groups in total. The van der Waals surface area contributed by atoms with Crippen LogP contribution in [-0.4, -0.2) is 108 Å². The van der Waals surface area contributed by atoms with E-state index < -0.39 is 138 Å². The Hall–Kier alpha value is -4.77. The summed E-state index contributed by atoms with van der Waals surface area (Å²) in [4.78, 5) is 126. The molecule has 18 heteroatoms. The monoisotopic (exact) mass is 948 g/mol. The van der Waals surface area contributed by atoms with E-state index in [-0.39, 0.29) is 37.0 Å². The number of carbonyl (C=O) groups is 9. The number of hydrogen-bond acceptors (Lipinski definition) is 9. The highest BCUT2D eigenvalue weighted by Crippen LogP contribution is 2.18. The van der Waals surface area contributed by atoms with Crippen LogP contribution in [0.3, 0.4) is 0 Å². The van der Waals surface area contributed by atoms with Gasteiger partial charge in [0.05, 0.1) is 6.54 Å². The first-order valence-corrected chi connectivity index (χ1v) is 24.9. The van der Waals surface area contributed by atoms with Gasteiger partial charge in [-0.1, -0.05) is 136 Å². The Balaban J connectivity index is 4.02. The van der Waals surface area contributed by atoms with E-state index in [2.05, 4.69) is 47.9 Å². The predicted octanol–water partition coefficient (Wildman–Crippen LogP) is 2.97. The number of hydrogen-bond donors (Lipinski definition) is 9. The van der Waals surface area contributed by atoms with Gasteiger partial charge >= 0.3 is 0 Å². The van der Waals surface area contributed by atoms with Crippen LogP contribution in [-0.2, 0) is 43.2 Å². The summed E-state index contributed by atoms with van der Waals surface area (Å²) in [6, 6.07) is -8.96. The van der Waals surface area contributed by atoms with Gasteiger partial charge < -0.3 is 47.9 Å². The first-order chi connectivity index (χ1) is 31.2. The summed E-state index contributed by atoms with van der Waals surface area (Å²) in [5, 5.41) is 25.2. The number of amides is 9. The summed E-state index contributed by atoms with van der Waals surface area (Å²) < 4.78 is 0. The van der Waals surface area contributed by atoms with Crippen molar-refractivity contribution < 1.29 is 43.2 Å². The molecule has 0 aliphatic carbocycles. The van der Waals surface area contributed by atoms with Crippen LogP contribution in [0.15, 0.2) is 0 Å². The smallest absolute Gasteiger partial charge is 0.243 e. The molecule has 0 radical (unpaired) electrons. The van der Waals surface area contributed by atoms with Crippen molar-refractivity contribution >= 4 is 53.2 Å². The van der Waals surface area contributed by atoms with E-state index in [0.29, 0.717) is 25.7 Å². The lowest BCUT2D eigenvalue weighted by Gasteiger charge is -2.32. The number of nitrogens with one attached hydrogen (secondary N) is 9. The molecular formula is C49H89N9O9. The normalized spacial score (nSPS) is 27.3. The molecule has 9 amide bonds. The van der Waals surface area contributed by atoms with Gasteiger partial charge in [-0.05, 0) is 66.6 Å². The van der Waals surface area contributed by atoms with Gasteiger partial charge in [0.1, 0.15) is 48.3 Å². The van der Waals surface area contributed by atoms with Crippen molar-refractivity contribution in [2.45, 2.75) is 204 Å². The quantitative estimate of drug-likeness (QED) is 0.117. The van der Waals surface area contributed by atoms with E-state index in [9.17, 15) is 43.2 Å². The molecule has 1 aliphatic heterocycles. The molecule has 1 fully saturated rings. The van der Waals surface area contributed by atoms with Gasteiger partial charge in [-0.3, -0.25) is 43.2 Å². The summed E-state index contributed by atoms with van der Waals surface area (Å²) in [5.74, 6) is -8.10. The third-order valence-electron chi connectivity index (χ3n) is 12.9. The Morgan fingerprint density at radius 2 is 0.597 bits per heavy atom. The van der Waals surface area contributed by atoms with Crippen molar-refractivity contribution in [3.63, 3.8) is 0 Å². The van der Waals surface area contributed by atoms with Crippen LogP contribution in [0.25, 0.3) is 0 Å². The average Bonchev–Trinajstić information content (AvgIpc) is 3.25. The van der Waals surface area contributed by atoms with Crippen LogP contribution in [0.2, 0.25) is 0 Å². The molecule has 12 atom stereocenters. The second-order valence-corrected chi connectivity index (χ2v) is 20.6. The van der Waals surface area contributed by atoms with Crippen molar-refractivity contribution in [1.29, 1.82) is 0 Å². The molecule has 1 saturated heterocycles. The minimum atomic E-state index is -1.14. The van der Waals surface area contributed by atoms with Gasteiger partial charge in [0.15, 0.2) is 0 Å². The fraction of sp³-hybridized carbons (Fsp3) is 0.816. The van der Waals surface area contributed by atoms with Crippen LogP contribution < -0.4 is 47.9 Å². The second-order valence-electron chi connectivity index (χ2n) is 20.6. The van der Waals surface area contributed by atoms with Crippen LogP contribution in [0, 0.1) is 47.3 Å². The maximum Gasteiger partial charge on any atom is 0.243 e. The molecular weight excluding hydrogens is 859 g/mol. The van der Waals surface area contributed by atoms with Crippen molar-refractivity contribution in [2.75, 3.05) is 6.54 Å². The standard InChI is InChI=1S/C49H89N9O9/c1-17-29(13)38-45(63)50-24-36(59)51-33(21-25(5)6)42(60)52-34(22-26(7)8)44(62)55-40(31(15)19-3)48(66)58-39(30(14)18-2)47(65)53-35(23-27(9)10)43(61)54-37(28(11)12)46(64)57-41(32(16)20-4)49(67)56-38/h25-35,37-41H,17-24H2,1-16H3,(H,50,63)(H,51,59)(H,52,60)(H,53,65)(H,54,61)(H,55,62)(H,56,67)(H,57,64)(H,58,66)/t29-,30-,31-,32-,33-,34-,35-,37-,38-,39-,40-,41-/m0/s1. The summed E-state index contributed by atoms with van der Waals surface area (Å²) in [7, 11) is 0. The van der Waals surface area contributed by atoms with E-state index in [4.69, 9.17) is 0 Å². The van der Waals surface area contributed by atoms with Gasteiger partial charge in [0.25, 0.3) is 0 Å². The van der Waals surface area contributed by atoms with Crippen molar-refractivity contribution in [2.24, 2.45) is 47.3 Å². The van der Waals surface area contributed by atoms with Gasteiger partial charge in [-0.25, -0.2) is 0 Å². The van der Waals surface area contributed by atoms with Gasteiger partial charge in [0.2, 0.25) is 53.2 Å². The van der Waals surface area contributed by atoms with Crippen molar-refractivity contribution in [3.05, 3.63) is 0 Å². The van der Waals surface area contributed by atoms with E-state index >= 15 is 0 Å². The zero-order chi connectivity index (χ0) is 51.5.